The van der Waals surface area contributed by atoms with E-state index in [-0.39, 0.29) is 10.7 Å². The van der Waals surface area contributed by atoms with E-state index in [1.165, 1.54) is 11.8 Å². The van der Waals surface area contributed by atoms with E-state index >= 15 is 0 Å². The number of benzene rings is 1. The lowest BCUT2D eigenvalue weighted by Crippen LogP contribution is -2.29. The topological polar surface area (TPSA) is 20.3 Å². The number of hydrogen-bond acceptors (Lipinski definition) is 2. The Hall–Kier alpha value is -0.380. The van der Waals surface area contributed by atoms with Crippen LogP contribution in [0.4, 0.5) is 5.69 Å². The zero-order valence-corrected chi connectivity index (χ0v) is 9.44. The standard InChI is InChI=1S/C9H7Cl2NOS/c10-6-1-3-7(4-2-6)12-8(13)5-14-9(12)11/h1-4,9H,5H2. The Kier molecular flexibility index (Phi) is 2.91. The molecule has 0 radical (unpaired) electrons. The average Bonchev–Trinajstić information content (AvgIpc) is 2.49. The molecule has 1 aliphatic rings. The Morgan fingerprint density at radius 2 is 2.00 bits per heavy atom. The van der Waals surface area contributed by atoms with Gasteiger partial charge in [0.05, 0.1) is 5.75 Å². The van der Waals surface area contributed by atoms with Gasteiger partial charge in [-0.05, 0) is 24.3 Å². The molecule has 2 nitrogen and oxygen atoms in total. The van der Waals surface area contributed by atoms with Gasteiger partial charge in [-0.3, -0.25) is 9.69 Å². The van der Waals surface area contributed by atoms with E-state index in [9.17, 15) is 4.79 Å². The minimum absolute atomic E-state index is 0.0392. The minimum atomic E-state index is -0.302. The van der Waals surface area contributed by atoms with Gasteiger partial charge in [-0.2, -0.15) is 0 Å². The fraction of sp³-hybridized carbons (Fsp3) is 0.222. The Bertz CT molecular complexity index is 354. The number of thioether (sulfide) groups is 1. The summed E-state index contributed by atoms with van der Waals surface area (Å²) in [4.78, 5) is 12.7. The van der Waals surface area contributed by atoms with Gasteiger partial charge in [-0.15, -0.1) is 11.8 Å². The van der Waals surface area contributed by atoms with Crippen LogP contribution in [0.1, 0.15) is 0 Å². The lowest BCUT2D eigenvalue weighted by atomic mass is 10.3. The van der Waals surface area contributed by atoms with Crippen molar-refractivity contribution >= 4 is 46.6 Å². The van der Waals surface area contributed by atoms with Crippen LogP contribution in [0.3, 0.4) is 0 Å². The highest BCUT2D eigenvalue weighted by Gasteiger charge is 2.30. The molecule has 1 aliphatic heterocycles. The van der Waals surface area contributed by atoms with Gasteiger partial charge in [0.1, 0.15) is 0 Å². The van der Waals surface area contributed by atoms with E-state index in [0.29, 0.717) is 10.8 Å². The molecule has 1 heterocycles. The van der Waals surface area contributed by atoms with Crippen molar-refractivity contribution in [3.63, 3.8) is 0 Å². The van der Waals surface area contributed by atoms with Gasteiger partial charge in [-0.1, -0.05) is 23.2 Å². The zero-order chi connectivity index (χ0) is 10.1. The molecular formula is C9H7Cl2NOS. The molecule has 0 aliphatic carbocycles. The second kappa shape index (κ2) is 4.01. The van der Waals surface area contributed by atoms with Crippen LogP contribution in [0.15, 0.2) is 24.3 Å². The number of alkyl halides is 1. The van der Waals surface area contributed by atoms with E-state index in [1.807, 2.05) is 0 Å². The molecule has 1 fully saturated rings. The zero-order valence-electron chi connectivity index (χ0n) is 7.11. The molecule has 14 heavy (non-hydrogen) atoms. The number of carbonyl (C=O) groups is 1. The van der Waals surface area contributed by atoms with E-state index in [0.717, 1.165) is 5.69 Å². The number of anilines is 1. The van der Waals surface area contributed by atoms with Crippen molar-refractivity contribution in [3.8, 4) is 0 Å². The van der Waals surface area contributed by atoms with Crippen LogP contribution in [0.5, 0.6) is 0 Å². The molecule has 2 rings (SSSR count). The summed E-state index contributed by atoms with van der Waals surface area (Å²) in [7, 11) is 0. The van der Waals surface area contributed by atoms with Crippen molar-refractivity contribution in [2.45, 2.75) is 4.83 Å². The van der Waals surface area contributed by atoms with Crippen LogP contribution in [-0.2, 0) is 4.79 Å². The van der Waals surface area contributed by atoms with Crippen molar-refractivity contribution in [1.29, 1.82) is 0 Å². The molecule has 1 saturated heterocycles. The molecule has 1 unspecified atom stereocenters. The third-order valence-electron chi connectivity index (χ3n) is 1.92. The Balaban J connectivity index is 2.30. The van der Waals surface area contributed by atoms with E-state index in [1.54, 1.807) is 29.2 Å². The lowest BCUT2D eigenvalue weighted by molar-refractivity contribution is -0.115. The van der Waals surface area contributed by atoms with Crippen LogP contribution in [0, 0.1) is 0 Å². The SMILES string of the molecule is O=C1CSC(Cl)N1c1ccc(Cl)cc1. The van der Waals surface area contributed by atoms with Gasteiger partial charge in [0, 0.05) is 10.7 Å². The van der Waals surface area contributed by atoms with Gasteiger partial charge in [0.2, 0.25) is 5.91 Å². The van der Waals surface area contributed by atoms with Gasteiger partial charge in [-0.25, -0.2) is 0 Å². The Labute approximate surface area is 96.2 Å². The maximum atomic E-state index is 11.5. The molecule has 0 bridgehead atoms. The molecular weight excluding hydrogens is 241 g/mol. The number of rotatable bonds is 1. The largest absolute Gasteiger partial charge is 0.285 e. The highest BCUT2D eigenvalue weighted by Crippen LogP contribution is 2.33. The van der Waals surface area contributed by atoms with Gasteiger partial charge in [0.15, 0.2) is 4.83 Å². The first-order chi connectivity index (χ1) is 6.68. The number of nitrogens with zero attached hydrogens (tertiary/aromatic N) is 1. The smallest absolute Gasteiger partial charge is 0.239 e. The van der Waals surface area contributed by atoms with Crippen molar-refractivity contribution < 1.29 is 4.79 Å². The summed E-state index contributed by atoms with van der Waals surface area (Å²) >= 11 is 13.2. The van der Waals surface area contributed by atoms with Crippen LogP contribution >= 0.6 is 35.0 Å². The summed E-state index contributed by atoms with van der Waals surface area (Å²) in [6, 6.07) is 7.08. The minimum Gasteiger partial charge on any atom is -0.285 e. The molecule has 1 atom stereocenters. The van der Waals surface area contributed by atoms with Crippen molar-refractivity contribution in [1.82, 2.24) is 0 Å². The molecule has 0 saturated carbocycles. The normalized spacial score (nSPS) is 21.7. The monoisotopic (exact) mass is 247 g/mol. The lowest BCUT2D eigenvalue weighted by Gasteiger charge is -2.18. The molecule has 0 N–H and O–H groups in total. The number of hydrogen-bond donors (Lipinski definition) is 0. The number of carbonyl (C=O) groups excluding carboxylic acids is 1. The second-order valence-electron chi connectivity index (χ2n) is 2.84. The molecule has 0 spiro atoms. The Morgan fingerprint density at radius 1 is 1.36 bits per heavy atom. The molecule has 5 heteroatoms. The highest BCUT2D eigenvalue weighted by atomic mass is 35.5. The summed E-state index contributed by atoms with van der Waals surface area (Å²) in [6.07, 6.45) is 0. The summed E-state index contributed by atoms with van der Waals surface area (Å²) < 4.78 is 0. The summed E-state index contributed by atoms with van der Waals surface area (Å²) in [5.41, 5.74) is 0.796. The predicted octanol–water partition coefficient (Wildman–Crippen LogP) is 2.94. The predicted molar refractivity (Wildman–Crippen MR) is 61.0 cm³/mol. The van der Waals surface area contributed by atoms with Crippen molar-refractivity contribution in [2.75, 3.05) is 10.7 Å². The fourth-order valence-electron chi connectivity index (χ4n) is 1.26. The average molecular weight is 248 g/mol. The first-order valence-corrected chi connectivity index (χ1v) is 5.88. The van der Waals surface area contributed by atoms with Crippen molar-refractivity contribution in [3.05, 3.63) is 29.3 Å². The van der Waals surface area contributed by atoms with E-state index < -0.39 is 0 Å². The molecule has 1 amide bonds. The molecule has 1 aromatic carbocycles. The summed E-state index contributed by atoms with van der Waals surface area (Å²) in [5, 5.41) is 0.652. The molecule has 0 aromatic heterocycles. The quantitative estimate of drug-likeness (QED) is 0.562. The van der Waals surface area contributed by atoms with Gasteiger partial charge < -0.3 is 0 Å². The summed E-state index contributed by atoms with van der Waals surface area (Å²) in [6.45, 7) is 0. The number of halogens is 2. The first kappa shape index (κ1) is 10.1. The van der Waals surface area contributed by atoms with Crippen LogP contribution in [0.25, 0.3) is 0 Å². The maximum Gasteiger partial charge on any atom is 0.239 e. The van der Waals surface area contributed by atoms with Gasteiger partial charge in [0.25, 0.3) is 0 Å². The van der Waals surface area contributed by atoms with Gasteiger partial charge >= 0.3 is 0 Å². The summed E-state index contributed by atoms with van der Waals surface area (Å²) in [5.74, 6) is 0.480. The maximum absolute atomic E-state index is 11.5. The Morgan fingerprint density at radius 3 is 2.50 bits per heavy atom. The van der Waals surface area contributed by atoms with Crippen LogP contribution in [0.2, 0.25) is 5.02 Å². The van der Waals surface area contributed by atoms with Crippen LogP contribution < -0.4 is 4.90 Å². The van der Waals surface area contributed by atoms with Crippen molar-refractivity contribution in [2.24, 2.45) is 0 Å². The molecule has 1 aromatic rings. The third kappa shape index (κ3) is 1.85. The fourth-order valence-corrected chi connectivity index (χ4v) is 2.60. The second-order valence-corrected chi connectivity index (χ2v) is 5.02. The van der Waals surface area contributed by atoms with Crippen LogP contribution in [-0.4, -0.2) is 16.5 Å². The number of amides is 1. The highest BCUT2D eigenvalue weighted by molar-refractivity contribution is 8.02. The van der Waals surface area contributed by atoms with E-state index in [4.69, 9.17) is 23.2 Å². The first-order valence-electron chi connectivity index (χ1n) is 4.02. The van der Waals surface area contributed by atoms with E-state index in [2.05, 4.69) is 0 Å². The third-order valence-corrected chi connectivity index (χ3v) is 3.65. The molecule has 74 valence electrons.